The molecule has 0 unspecified atom stereocenters. The van der Waals surface area contributed by atoms with Crippen LogP contribution >= 0.6 is 0 Å². The van der Waals surface area contributed by atoms with Crippen LogP contribution in [0.4, 0.5) is 5.69 Å². The molecule has 0 radical (unpaired) electrons. The standard InChI is InChI=1S/C27H34N4O3/c1-3-4-16-28-24(32)19-30-20-31(23-8-6-5-7-9-23)27(26(30)34)14-17-29(18-15-27)25(33)22-12-10-21(2)11-13-22/h5-13H,3-4,14-20H2,1-2H3,(H,28,32). The van der Waals surface area contributed by atoms with E-state index in [-0.39, 0.29) is 24.3 Å². The maximum absolute atomic E-state index is 13.7. The van der Waals surface area contributed by atoms with Gasteiger partial charge in [-0.1, -0.05) is 49.2 Å². The maximum Gasteiger partial charge on any atom is 0.253 e. The average Bonchev–Trinajstić information content (AvgIpc) is 3.11. The van der Waals surface area contributed by atoms with Crippen molar-refractivity contribution in [2.45, 2.75) is 45.1 Å². The van der Waals surface area contributed by atoms with E-state index in [4.69, 9.17) is 0 Å². The predicted octanol–water partition coefficient (Wildman–Crippen LogP) is 3.19. The Hall–Kier alpha value is -3.35. The van der Waals surface area contributed by atoms with Crippen LogP contribution in [-0.2, 0) is 9.59 Å². The van der Waals surface area contributed by atoms with Gasteiger partial charge in [-0.25, -0.2) is 0 Å². The second-order valence-corrected chi connectivity index (χ2v) is 9.30. The van der Waals surface area contributed by atoms with E-state index in [1.165, 1.54) is 0 Å². The minimum atomic E-state index is -0.741. The summed E-state index contributed by atoms with van der Waals surface area (Å²) in [5, 5.41) is 2.92. The van der Waals surface area contributed by atoms with Gasteiger partial charge in [0.25, 0.3) is 11.8 Å². The second-order valence-electron chi connectivity index (χ2n) is 9.30. The summed E-state index contributed by atoms with van der Waals surface area (Å²) in [6, 6.07) is 17.5. The number of piperidine rings is 1. The van der Waals surface area contributed by atoms with Crippen LogP contribution < -0.4 is 10.2 Å². The Kier molecular flexibility index (Phi) is 7.20. The molecule has 4 rings (SSSR count). The average molecular weight is 463 g/mol. The second kappa shape index (κ2) is 10.3. The van der Waals surface area contributed by atoms with Gasteiger partial charge in [-0.3, -0.25) is 14.4 Å². The van der Waals surface area contributed by atoms with E-state index in [0.717, 1.165) is 24.1 Å². The molecular formula is C27H34N4O3. The van der Waals surface area contributed by atoms with Crippen molar-refractivity contribution >= 4 is 23.4 Å². The molecule has 180 valence electrons. The number of anilines is 1. The fourth-order valence-corrected chi connectivity index (χ4v) is 4.91. The lowest BCUT2D eigenvalue weighted by atomic mass is 9.85. The number of para-hydroxylation sites is 1. The lowest BCUT2D eigenvalue weighted by molar-refractivity contribution is -0.137. The summed E-state index contributed by atoms with van der Waals surface area (Å²) in [4.78, 5) is 44.9. The van der Waals surface area contributed by atoms with Gasteiger partial charge in [0.05, 0.1) is 6.67 Å². The van der Waals surface area contributed by atoms with E-state index in [9.17, 15) is 14.4 Å². The Bertz CT molecular complexity index is 1010. The van der Waals surface area contributed by atoms with Crippen LogP contribution in [0.3, 0.4) is 0 Å². The van der Waals surface area contributed by atoms with E-state index < -0.39 is 5.54 Å². The van der Waals surface area contributed by atoms with Crippen molar-refractivity contribution in [2.75, 3.05) is 37.7 Å². The number of rotatable bonds is 7. The molecule has 2 fully saturated rings. The van der Waals surface area contributed by atoms with Crippen molar-refractivity contribution in [3.63, 3.8) is 0 Å². The van der Waals surface area contributed by atoms with Crippen molar-refractivity contribution in [1.82, 2.24) is 15.1 Å². The first-order chi connectivity index (χ1) is 16.4. The first-order valence-electron chi connectivity index (χ1n) is 12.2. The number of nitrogens with one attached hydrogen (secondary N) is 1. The molecule has 7 heteroatoms. The Morgan fingerprint density at radius 3 is 2.32 bits per heavy atom. The zero-order chi connectivity index (χ0) is 24.1. The number of aryl methyl sites for hydroxylation is 1. The first-order valence-corrected chi connectivity index (χ1v) is 12.2. The molecule has 1 N–H and O–H groups in total. The Balaban J connectivity index is 1.51. The number of carbonyl (C=O) groups is 3. The normalized spacial score (nSPS) is 17.4. The highest BCUT2D eigenvalue weighted by Gasteiger charge is 2.54. The number of hydrogen-bond donors (Lipinski definition) is 1. The lowest BCUT2D eigenvalue weighted by Gasteiger charge is -2.43. The Morgan fingerprint density at radius 2 is 1.68 bits per heavy atom. The fraction of sp³-hybridized carbons (Fsp3) is 0.444. The zero-order valence-corrected chi connectivity index (χ0v) is 20.1. The van der Waals surface area contributed by atoms with Gasteiger partial charge in [-0.05, 0) is 50.5 Å². The molecule has 34 heavy (non-hydrogen) atoms. The highest BCUT2D eigenvalue weighted by molar-refractivity contribution is 5.97. The highest BCUT2D eigenvalue weighted by Crippen LogP contribution is 2.39. The smallest absolute Gasteiger partial charge is 0.253 e. The van der Waals surface area contributed by atoms with Crippen LogP contribution in [0.1, 0.15) is 48.5 Å². The van der Waals surface area contributed by atoms with E-state index >= 15 is 0 Å². The summed E-state index contributed by atoms with van der Waals surface area (Å²) in [5.74, 6) is -0.151. The van der Waals surface area contributed by atoms with Crippen molar-refractivity contribution in [2.24, 2.45) is 0 Å². The molecule has 0 saturated carbocycles. The number of nitrogens with zero attached hydrogens (tertiary/aromatic N) is 3. The third kappa shape index (κ3) is 4.79. The summed E-state index contributed by atoms with van der Waals surface area (Å²) < 4.78 is 0. The van der Waals surface area contributed by atoms with Crippen molar-refractivity contribution < 1.29 is 14.4 Å². The molecule has 0 aliphatic carbocycles. The SMILES string of the molecule is CCCCNC(=O)CN1CN(c2ccccc2)C2(CCN(C(=O)c3ccc(C)cc3)CC2)C1=O. The summed E-state index contributed by atoms with van der Waals surface area (Å²) in [5.41, 5.74) is 2.01. The molecule has 7 nitrogen and oxygen atoms in total. The largest absolute Gasteiger partial charge is 0.355 e. The molecule has 2 saturated heterocycles. The quantitative estimate of drug-likeness (QED) is 0.642. The lowest BCUT2D eigenvalue weighted by Crippen LogP contribution is -2.57. The van der Waals surface area contributed by atoms with Crippen LogP contribution in [0.25, 0.3) is 0 Å². The van der Waals surface area contributed by atoms with Gasteiger partial charge in [-0.2, -0.15) is 0 Å². The fourth-order valence-electron chi connectivity index (χ4n) is 4.91. The van der Waals surface area contributed by atoms with Crippen molar-refractivity contribution in [3.05, 3.63) is 65.7 Å². The van der Waals surface area contributed by atoms with Crippen LogP contribution in [0.15, 0.2) is 54.6 Å². The number of hydrogen-bond acceptors (Lipinski definition) is 4. The summed E-state index contributed by atoms with van der Waals surface area (Å²) in [7, 11) is 0. The van der Waals surface area contributed by atoms with Crippen molar-refractivity contribution in [3.8, 4) is 0 Å². The van der Waals surface area contributed by atoms with Gasteiger partial charge < -0.3 is 20.0 Å². The van der Waals surface area contributed by atoms with Gasteiger partial charge in [0.15, 0.2) is 0 Å². The highest BCUT2D eigenvalue weighted by atomic mass is 16.2. The molecule has 1 spiro atoms. The summed E-state index contributed by atoms with van der Waals surface area (Å²) in [6.45, 7) is 6.12. The number of unbranched alkanes of at least 4 members (excludes halogenated alkanes) is 1. The monoisotopic (exact) mass is 462 g/mol. The van der Waals surface area contributed by atoms with E-state index in [1.54, 1.807) is 4.90 Å². The topological polar surface area (TPSA) is 73.0 Å². The number of amides is 3. The third-order valence-electron chi connectivity index (χ3n) is 6.95. The number of benzene rings is 2. The van der Waals surface area contributed by atoms with Crippen LogP contribution in [0.5, 0.6) is 0 Å². The van der Waals surface area contributed by atoms with Gasteiger partial charge in [0.1, 0.15) is 12.1 Å². The van der Waals surface area contributed by atoms with E-state index in [0.29, 0.717) is 44.7 Å². The summed E-state index contributed by atoms with van der Waals surface area (Å²) >= 11 is 0. The predicted molar refractivity (Wildman–Crippen MR) is 132 cm³/mol. The van der Waals surface area contributed by atoms with Crippen molar-refractivity contribution in [1.29, 1.82) is 0 Å². The van der Waals surface area contributed by atoms with E-state index in [1.807, 2.05) is 66.4 Å². The Morgan fingerprint density at radius 1 is 1.00 bits per heavy atom. The molecule has 2 aromatic carbocycles. The van der Waals surface area contributed by atoms with Gasteiger partial charge in [0, 0.05) is 30.9 Å². The first kappa shape index (κ1) is 23.8. The molecule has 3 amide bonds. The van der Waals surface area contributed by atoms with Gasteiger partial charge in [0.2, 0.25) is 5.91 Å². The number of likely N-dealkylation sites (tertiary alicyclic amines) is 1. The minimum absolute atomic E-state index is 0.00119. The molecule has 2 aliphatic heterocycles. The molecule has 0 aromatic heterocycles. The summed E-state index contributed by atoms with van der Waals surface area (Å²) in [6.07, 6.45) is 2.99. The van der Waals surface area contributed by atoms with Crippen LogP contribution in [-0.4, -0.2) is 65.9 Å². The van der Waals surface area contributed by atoms with Crippen LogP contribution in [0, 0.1) is 6.92 Å². The van der Waals surface area contributed by atoms with E-state index in [2.05, 4.69) is 17.1 Å². The Labute approximate surface area is 201 Å². The molecule has 0 bridgehead atoms. The van der Waals surface area contributed by atoms with Crippen LogP contribution in [0.2, 0.25) is 0 Å². The minimum Gasteiger partial charge on any atom is -0.355 e. The molecule has 2 aromatic rings. The van der Waals surface area contributed by atoms with Gasteiger partial charge in [-0.15, -0.1) is 0 Å². The zero-order valence-electron chi connectivity index (χ0n) is 20.1. The molecule has 2 heterocycles. The molecule has 2 aliphatic rings. The molecular weight excluding hydrogens is 428 g/mol. The van der Waals surface area contributed by atoms with Gasteiger partial charge >= 0.3 is 0 Å². The third-order valence-corrected chi connectivity index (χ3v) is 6.95. The maximum atomic E-state index is 13.7. The number of carbonyl (C=O) groups excluding carboxylic acids is 3. The molecule has 0 atom stereocenters.